The van der Waals surface area contributed by atoms with Gasteiger partial charge in [-0.25, -0.2) is 4.79 Å². The number of fused-ring (bicyclic) bond motifs is 3. The number of carbonyl (C=O) groups is 1. The molecule has 12 heteroatoms. The maximum absolute atomic E-state index is 12.2. The summed E-state index contributed by atoms with van der Waals surface area (Å²) in [5.41, 5.74) is 4.81. The van der Waals surface area contributed by atoms with Crippen molar-refractivity contribution < 1.29 is 52.2 Å². The number of rotatable bonds is 31. The molecule has 0 unspecified atom stereocenters. The molecule has 0 heterocycles. The summed E-state index contributed by atoms with van der Waals surface area (Å²) >= 11 is 0. The molecule has 272 valence electrons. The fourth-order valence-electron chi connectivity index (χ4n) is 4.90. The minimum absolute atomic E-state index is 0.0510. The third-order valence-electron chi connectivity index (χ3n) is 7.24. The Kier molecular flexibility index (Phi) is 22.8. The monoisotopic (exact) mass is 687 g/mol. The minimum Gasteiger partial charge on any atom is -0.449 e. The molecule has 0 fully saturated rings. The number of alkyl carbamates (subject to hydrolysis) is 1. The van der Waals surface area contributed by atoms with Gasteiger partial charge in [-0.3, -0.25) is 0 Å². The lowest BCUT2D eigenvalue weighted by molar-refractivity contribution is -0.0246. The summed E-state index contributed by atoms with van der Waals surface area (Å²) < 4.78 is 54.4. The lowest BCUT2D eigenvalue weighted by atomic mass is 9.98. The molecule has 0 aliphatic heterocycles. The van der Waals surface area contributed by atoms with Crippen LogP contribution in [-0.2, 0) is 47.4 Å². The van der Waals surface area contributed by atoms with Crippen molar-refractivity contribution in [3.63, 3.8) is 0 Å². The lowest BCUT2D eigenvalue weighted by Gasteiger charge is -2.14. The fraction of sp³-hybridized carbons (Fsp3) is 0.595. The van der Waals surface area contributed by atoms with Crippen LogP contribution in [0, 0.1) is 12.3 Å². The van der Waals surface area contributed by atoms with Crippen LogP contribution in [-0.4, -0.2) is 138 Å². The molecule has 0 radical (unpaired) electrons. The predicted molar refractivity (Wildman–Crippen MR) is 184 cm³/mol. The van der Waals surface area contributed by atoms with E-state index in [2.05, 4.69) is 35.5 Å². The van der Waals surface area contributed by atoms with Crippen LogP contribution >= 0.6 is 0 Å². The van der Waals surface area contributed by atoms with E-state index >= 15 is 0 Å². The van der Waals surface area contributed by atoms with Crippen LogP contribution in [0.3, 0.4) is 0 Å². The summed E-state index contributed by atoms with van der Waals surface area (Å²) in [7, 11) is 0. The summed E-state index contributed by atoms with van der Waals surface area (Å²) in [6.07, 6.45) is 5.36. The summed E-state index contributed by atoms with van der Waals surface area (Å²) in [5.74, 6) is 2.45. The first-order valence-electron chi connectivity index (χ1n) is 17.0. The standard InChI is InChI=1S/C37H53NO11/c1-2-13-40-15-17-42-19-21-44-23-25-46-27-29-48-30-28-47-26-24-45-22-20-43-18-16-41-14-7-12-38-37(39)49-31-36-34-10-5-3-8-32(34)33-9-4-6-11-35(33)36/h1,3-6,8-11,36H,7,12-31H2,(H,38,39). The van der Waals surface area contributed by atoms with Gasteiger partial charge in [0.05, 0.1) is 106 Å². The van der Waals surface area contributed by atoms with Crippen molar-refractivity contribution in [2.24, 2.45) is 0 Å². The van der Waals surface area contributed by atoms with Crippen molar-refractivity contribution in [3.8, 4) is 23.5 Å². The molecule has 1 aliphatic carbocycles. The van der Waals surface area contributed by atoms with E-state index in [-0.39, 0.29) is 5.92 Å². The highest BCUT2D eigenvalue weighted by molar-refractivity contribution is 5.79. The van der Waals surface area contributed by atoms with Gasteiger partial charge in [-0.1, -0.05) is 54.5 Å². The van der Waals surface area contributed by atoms with Crippen molar-refractivity contribution in [2.75, 3.05) is 132 Å². The molecule has 0 saturated heterocycles. The molecule has 12 nitrogen and oxygen atoms in total. The number of ether oxygens (including phenoxy) is 10. The first-order chi connectivity index (χ1) is 24.3. The number of nitrogens with one attached hydrogen (secondary N) is 1. The Balaban J connectivity index is 0.980. The Morgan fingerprint density at radius 2 is 0.918 bits per heavy atom. The molecule has 1 amide bonds. The zero-order chi connectivity index (χ0) is 34.5. The van der Waals surface area contributed by atoms with Gasteiger partial charge in [-0.05, 0) is 28.7 Å². The number of terminal acetylenes is 1. The average Bonchev–Trinajstić information content (AvgIpc) is 3.45. The van der Waals surface area contributed by atoms with Crippen LogP contribution in [0.4, 0.5) is 4.79 Å². The van der Waals surface area contributed by atoms with Crippen molar-refractivity contribution in [3.05, 3.63) is 59.7 Å². The largest absolute Gasteiger partial charge is 0.449 e. The summed E-state index contributed by atoms with van der Waals surface area (Å²) in [5, 5.41) is 2.80. The molecule has 2 aromatic carbocycles. The zero-order valence-electron chi connectivity index (χ0n) is 28.6. The molecule has 1 aliphatic rings. The smallest absolute Gasteiger partial charge is 0.407 e. The van der Waals surface area contributed by atoms with Crippen molar-refractivity contribution in [1.29, 1.82) is 0 Å². The Morgan fingerprint density at radius 3 is 1.33 bits per heavy atom. The van der Waals surface area contributed by atoms with E-state index < -0.39 is 6.09 Å². The highest BCUT2D eigenvalue weighted by Crippen LogP contribution is 2.44. The van der Waals surface area contributed by atoms with E-state index in [1.165, 1.54) is 22.3 Å². The Hall–Kier alpha value is -3.09. The normalized spacial score (nSPS) is 12.1. The molecule has 0 bridgehead atoms. The van der Waals surface area contributed by atoms with Gasteiger partial charge in [0.2, 0.25) is 0 Å². The topological polar surface area (TPSA) is 121 Å². The number of amides is 1. The quantitative estimate of drug-likeness (QED) is 0.0923. The summed E-state index contributed by atoms with van der Waals surface area (Å²) in [4.78, 5) is 12.2. The molecule has 0 saturated carbocycles. The van der Waals surface area contributed by atoms with Gasteiger partial charge in [-0.15, -0.1) is 6.42 Å². The van der Waals surface area contributed by atoms with Gasteiger partial charge in [0.15, 0.2) is 0 Å². The van der Waals surface area contributed by atoms with Crippen molar-refractivity contribution in [2.45, 2.75) is 12.3 Å². The Morgan fingerprint density at radius 1 is 0.551 bits per heavy atom. The van der Waals surface area contributed by atoms with Gasteiger partial charge >= 0.3 is 6.09 Å². The molecular weight excluding hydrogens is 634 g/mol. The van der Waals surface area contributed by atoms with E-state index in [1.54, 1.807) is 0 Å². The second kappa shape index (κ2) is 27.7. The Bertz CT molecular complexity index is 1130. The molecule has 0 atom stereocenters. The molecule has 49 heavy (non-hydrogen) atoms. The first kappa shape index (κ1) is 40.3. The number of benzene rings is 2. The second-order valence-electron chi connectivity index (χ2n) is 10.8. The fourth-order valence-corrected chi connectivity index (χ4v) is 4.90. The SMILES string of the molecule is C#CCOCCOCCOCCOCCOCCOCCOCCOCCOCCCNC(=O)OCC1c2ccccc2-c2ccccc21. The highest BCUT2D eigenvalue weighted by Gasteiger charge is 2.28. The van der Waals surface area contributed by atoms with Crippen LogP contribution in [0.5, 0.6) is 0 Å². The van der Waals surface area contributed by atoms with E-state index in [1.807, 2.05) is 24.3 Å². The van der Waals surface area contributed by atoms with Crippen LogP contribution in [0.2, 0.25) is 0 Å². The highest BCUT2D eigenvalue weighted by atomic mass is 16.6. The van der Waals surface area contributed by atoms with Crippen LogP contribution < -0.4 is 5.32 Å². The summed E-state index contributed by atoms with van der Waals surface area (Å²) in [6, 6.07) is 16.6. The maximum atomic E-state index is 12.2. The van der Waals surface area contributed by atoms with Gasteiger partial charge in [0.25, 0.3) is 0 Å². The number of carbonyl (C=O) groups excluding carboxylic acids is 1. The molecular formula is C37H53NO11. The second-order valence-corrected chi connectivity index (χ2v) is 10.8. The molecule has 1 N–H and O–H groups in total. The average molecular weight is 688 g/mol. The summed E-state index contributed by atoms with van der Waals surface area (Å²) in [6.45, 7) is 9.53. The lowest BCUT2D eigenvalue weighted by Crippen LogP contribution is -2.27. The third-order valence-corrected chi connectivity index (χ3v) is 7.24. The molecule has 0 aromatic heterocycles. The minimum atomic E-state index is -0.415. The first-order valence-corrected chi connectivity index (χ1v) is 17.0. The van der Waals surface area contributed by atoms with Gasteiger partial charge in [0, 0.05) is 19.1 Å². The predicted octanol–water partition coefficient (Wildman–Crippen LogP) is 3.70. The number of hydrogen-bond donors (Lipinski definition) is 1. The van der Waals surface area contributed by atoms with Crippen LogP contribution in [0.25, 0.3) is 11.1 Å². The van der Waals surface area contributed by atoms with E-state index in [9.17, 15) is 4.79 Å². The number of hydrogen-bond acceptors (Lipinski definition) is 11. The maximum Gasteiger partial charge on any atom is 0.407 e. The van der Waals surface area contributed by atoms with Crippen molar-refractivity contribution >= 4 is 6.09 Å². The van der Waals surface area contributed by atoms with E-state index in [0.717, 1.165) is 0 Å². The molecule has 0 spiro atoms. The van der Waals surface area contributed by atoms with Crippen molar-refractivity contribution in [1.82, 2.24) is 5.32 Å². The van der Waals surface area contributed by atoms with Gasteiger partial charge < -0.3 is 52.7 Å². The molecule has 3 rings (SSSR count). The van der Waals surface area contributed by atoms with Gasteiger partial charge in [0.1, 0.15) is 13.2 Å². The molecule has 2 aromatic rings. The van der Waals surface area contributed by atoms with Crippen LogP contribution in [0.15, 0.2) is 48.5 Å². The van der Waals surface area contributed by atoms with Crippen LogP contribution in [0.1, 0.15) is 23.5 Å². The van der Waals surface area contributed by atoms with Gasteiger partial charge in [-0.2, -0.15) is 0 Å². The third kappa shape index (κ3) is 17.9. The van der Waals surface area contributed by atoms with E-state index in [0.29, 0.717) is 138 Å². The van der Waals surface area contributed by atoms with E-state index in [4.69, 9.17) is 53.8 Å². The Labute approximate surface area is 290 Å². The zero-order valence-corrected chi connectivity index (χ0v) is 28.6.